The summed E-state index contributed by atoms with van der Waals surface area (Å²) in [4.78, 5) is 0. The second-order valence-corrected chi connectivity index (χ2v) is 16.4. The van der Waals surface area contributed by atoms with Gasteiger partial charge in [0, 0.05) is 0 Å². The van der Waals surface area contributed by atoms with Gasteiger partial charge in [0.2, 0.25) is 0 Å². The number of rotatable bonds is 21. The maximum Gasteiger partial charge on any atom is 0.588 e. The van der Waals surface area contributed by atoms with E-state index in [1.165, 1.54) is 0 Å². The van der Waals surface area contributed by atoms with E-state index in [4.69, 9.17) is 27.1 Å². The molecule has 0 spiro atoms. The molecule has 10 heteroatoms. The Balaban J connectivity index is 1.33. The molecule has 57 heavy (non-hydrogen) atoms. The lowest BCUT2D eigenvalue weighted by molar-refractivity contribution is 0.0284. The molecule has 3 unspecified atom stereocenters. The van der Waals surface area contributed by atoms with E-state index in [9.17, 15) is 9.13 Å². The lowest BCUT2D eigenvalue weighted by Gasteiger charge is -2.34. The molecule has 5 aromatic carbocycles. The Labute approximate surface area is 338 Å². The monoisotopic (exact) mass is 806 g/mol. The summed E-state index contributed by atoms with van der Waals surface area (Å²) in [5.41, 5.74) is 1.83. The SMILES string of the molecule is C=C/C=C\C(=C/C)OP(=O)(Oc1ccccc1)OC(C)(CC)c1ccc(Cc2ccc(OP(=O)(Oc3ccccc3)OC(CC)(CC)c3ccccc3)cc2)cc1. The number of hydrogen-bond donors (Lipinski definition) is 0. The summed E-state index contributed by atoms with van der Waals surface area (Å²) in [5, 5.41) is 0. The van der Waals surface area contributed by atoms with Crippen molar-refractivity contribution in [3.63, 3.8) is 0 Å². The van der Waals surface area contributed by atoms with Crippen LogP contribution in [0.4, 0.5) is 0 Å². The molecular formula is C47H52O8P2. The fourth-order valence-corrected chi connectivity index (χ4v) is 9.48. The Kier molecular flexibility index (Phi) is 15.0. The largest absolute Gasteiger partial charge is 0.588 e. The number of phosphoric ester groups is 2. The van der Waals surface area contributed by atoms with Gasteiger partial charge in [0.15, 0.2) is 0 Å². The van der Waals surface area contributed by atoms with E-state index in [2.05, 4.69) is 6.58 Å². The van der Waals surface area contributed by atoms with E-state index in [0.29, 0.717) is 48.7 Å². The van der Waals surface area contributed by atoms with E-state index in [0.717, 1.165) is 22.3 Å². The van der Waals surface area contributed by atoms with Crippen LogP contribution in [0.15, 0.2) is 176 Å². The highest BCUT2D eigenvalue weighted by Crippen LogP contribution is 2.58. The molecule has 5 aromatic rings. The van der Waals surface area contributed by atoms with Gasteiger partial charge in [-0.1, -0.05) is 143 Å². The average molecular weight is 807 g/mol. The summed E-state index contributed by atoms with van der Waals surface area (Å²) in [6.45, 7) is 13.3. The quantitative estimate of drug-likeness (QED) is 0.0411. The van der Waals surface area contributed by atoms with Crippen LogP contribution < -0.4 is 13.6 Å². The van der Waals surface area contributed by atoms with Crippen molar-refractivity contribution >= 4 is 15.6 Å². The standard InChI is InChI=1S/C47H52O8P2/c1-7-12-24-42(8-2)50-56(48,51-43-25-18-14-19-26-43)54-46(6,9-3)40-33-29-38(30-34-40)37-39-31-35-45(36-32-39)53-57(49,52-44-27-20-15-21-28-44)55-47(10-4,11-5)41-22-16-13-17-23-41/h7-8,12-36H,1,9-11,37H2,2-6H3/b24-12-,42-8+. The minimum atomic E-state index is -4.20. The molecule has 0 saturated carbocycles. The number of benzene rings is 5. The normalized spacial score (nSPS) is 15.1. The molecule has 0 fully saturated rings. The van der Waals surface area contributed by atoms with Gasteiger partial charge in [-0.3, -0.25) is 9.05 Å². The molecule has 0 radical (unpaired) electrons. The van der Waals surface area contributed by atoms with Crippen LogP contribution in [-0.4, -0.2) is 0 Å². The van der Waals surface area contributed by atoms with Gasteiger partial charge < -0.3 is 18.1 Å². The highest BCUT2D eigenvalue weighted by molar-refractivity contribution is 7.49. The molecule has 5 rings (SSSR count). The smallest absolute Gasteiger partial charge is 0.395 e. The summed E-state index contributed by atoms with van der Waals surface area (Å²) < 4.78 is 65.7. The van der Waals surface area contributed by atoms with E-state index in [1.807, 2.05) is 107 Å². The van der Waals surface area contributed by atoms with Crippen molar-refractivity contribution in [3.05, 3.63) is 198 Å². The van der Waals surface area contributed by atoms with Crippen molar-refractivity contribution < 1.29 is 36.3 Å². The lowest BCUT2D eigenvalue weighted by atomic mass is 9.89. The summed E-state index contributed by atoms with van der Waals surface area (Å²) in [6.07, 6.45) is 8.82. The zero-order valence-electron chi connectivity index (χ0n) is 33.3. The molecule has 0 heterocycles. The fraction of sp³-hybridized carbons (Fsp3) is 0.234. The van der Waals surface area contributed by atoms with Crippen molar-refractivity contribution in [2.24, 2.45) is 0 Å². The van der Waals surface area contributed by atoms with Crippen LogP contribution in [0.5, 0.6) is 17.2 Å². The molecule has 3 atom stereocenters. The predicted octanol–water partition coefficient (Wildman–Crippen LogP) is 14.1. The van der Waals surface area contributed by atoms with Crippen LogP contribution in [0.1, 0.15) is 76.1 Å². The maximum absolute atomic E-state index is 14.5. The van der Waals surface area contributed by atoms with Gasteiger partial charge in [0.1, 0.15) is 34.2 Å². The van der Waals surface area contributed by atoms with Crippen LogP contribution in [0, 0.1) is 0 Å². The highest BCUT2D eigenvalue weighted by Gasteiger charge is 2.44. The predicted molar refractivity (Wildman–Crippen MR) is 228 cm³/mol. The van der Waals surface area contributed by atoms with Gasteiger partial charge in [-0.05, 0) is 110 Å². The number of hydrogen-bond acceptors (Lipinski definition) is 8. The summed E-state index contributed by atoms with van der Waals surface area (Å²) in [6, 6.07) is 42.8. The third-order valence-electron chi connectivity index (χ3n) is 9.65. The minimum Gasteiger partial charge on any atom is -0.395 e. The zero-order valence-corrected chi connectivity index (χ0v) is 35.1. The van der Waals surface area contributed by atoms with Crippen LogP contribution in [0.2, 0.25) is 0 Å². The second-order valence-electron chi connectivity index (χ2n) is 13.5. The van der Waals surface area contributed by atoms with Gasteiger partial charge in [-0.2, -0.15) is 0 Å². The first-order chi connectivity index (χ1) is 27.5. The molecule has 298 valence electrons. The van der Waals surface area contributed by atoms with Gasteiger partial charge in [0.05, 0.1) is 0 Å². The Morgan fingerprint density at radius 3 is 1.54 bits per heavy atom. The lowest BCUT2D eigenvalue weighted by Crippen LogP contribution is -2.29. The molecule has 0 bridgehead atoms. The van der Waals surface area contributed by atoms with Crippen molar-refractivity contribution in [2.45, 2.75) is 71.5 Å². The average Bonchev–Trinajstić information content (AvgIpc) is 3.23. The Bertz CT molecular complexity index is 2170. The molecule has 0 saturated heterocycles. The fourth-order valence-electron chi connectivity index (χ4n) is 6.18. The van der Waals surface area contributed by atoms with E-state index in [-0.39, 0.29) is 0 Å². The Hall–Kier alpha value is -5.10. The molecule has 0 aliphatic heterocycles. The molecular weight excluding hydrogens is 754 g/mol. The Morgan fingerprint density at radius 2 is 1.07 bits per heavy atom. The maximum atomic E-state index is 14.5. The molecule has 0 aromatic heterocycles. The first kappa shape index (κ1) is 43.0. The molecule has 0 amide bonds. The van der Waals surface area contributed by atoms with Crippen molar-refractivity contribution in [1.29, 1.82) is 0 Å². The highest BCUT2D eigenvalue weighted by atomic mass is 31.2. The first-order valence-corrected chi connectivity index (χ1v) is 22.1. The van der Waals surface area contributed by atoms with Crippen molar-refractivity contribution in [2.75, 3.05) is 0 Å². The number of phosphoric acid groups is 2. The number of allylic oxidation sites excluding steroid dienone is 4. The summed E-state index contributed by atoms with van der Waals surface area (Å²) >= 11 is 0. The van der Waals surface area contributed by atoms with Gasteiger partial charge >= 0.3 is 15.6 Å². The Morgan fingerprint density at radius 1 is 0.596 bits per heavy atom. The van der Waals surface area contributed by atoms with Crippen LogP contribution in [0.3, 0.4) is 0 Å². The van der Waals surface area contributed by atoms with Gasteiger partial charge in [-0.15, -0.1) is 0 Å². The van der Waals surface area contributed by atoms with Crippen LogP contribution >= 0.6 is 15.6 Å². The van der Waals surface area contributed by atoms with E-state index in [1.54, 1.807) is 91.9 Å². The van der Waals surface area contributed by atoms with Crippen LogP contribution in [0.25, 0.3) is 0 Å². The third-order valence-corrected chi connectivity index (χ3v) is 12.6. The van der Waals surface area contributed by atoms with Gasteiger partial charge in [0.25, 0.3) is 0 Å². The topological polar surface area (TPSA) is 89.5 Å². The van der Waals surface area contributed by atoms with Crippen molar-refractivity contribution in [1.82, 2.24) is 0 Å². The van der Waals surface area contributed by atoms with E-state index < -0.39 is 26.8 Å². The molecule has 8 nitrogen and oxygen atoms in total. The number of para-hydroxylation sites is 2. The first-order valence-electron chi connectivity index (χ1n) is 19.2. The van der Waals surface area contributed by atoms with Crippen LogP contribution in [-0.2, 0) is 40.3 Å². The summed E-state index contributed by atoms with van der Waals surface area (Å²) in [7, 11) is -8.40. The molecule has 0 N–H and O–H groups in total. The third kappa shape index (κ3) is 11.7. The molecule has 0 aliphatic carbocycles. The molecule has 0 aliphatic rings. The summed E-state index contributed by atoms with van der Waals surface area (Å²) in [5.74, 6) is 1.40. The zero-order chi connectivity index (χ0) is 40.8. The van der Waals surface area contributed by atoms with Gasteiger partial charge in [-0.25, -0.2) is 9.13 Å². The minimum absolute atomic E-state index is 0.320. The van der Waals surface area contributed by atoms with E-state index >= 15 is 0 Å². The van der Waals surface area contributed by atoms with Crippen molar-refractivity contribution in [3.8, 4) is 17.2 Å². The second kappa shape index (κ2) is 19.9.